The summed E-state index contributed by atoms with van der Waals surface area (Å²) < 4.78 is 5.04. The highest BCUT2D eigenvalue weighted by Gasteiger charge is 2.13. The maximum absolute atomic E-state index is 11.9. The summed E-state index contributed by atoms with van der Waals surface area (Å²) in [7, 11) is 1.54. The first-order chi connectivity index (χ1) is 7.95. The minimum absolute atomic E-state index is 0.115. The summed E-state index contributed by atoms with van der Waals surface area (Å²) in [4.78, 5) is 11.9. The molecule has 17 heavy (non-hydrogen) atoms. The van der Waals surface area contributed by atoms with Gasteiger partial charge in [-0.05, 0) is 31.0 Å². The van der Waals surface area contributed by atoms with Crippen molar-refractivity contribution >= 4 is 17.5 Å². The normalized spacial score (nSPS) is 12.4. The fraction of sp³-hybridized carbons (Fsp3) is 0.462. The molecular weight excluding hydrogens is 238 g/mol. The van der Waals surface area contributed by atoms with Crippen molar-refractivity contribution in [1.82, 2.24) is 5.32 Å². The molecule has 0 radical (unpaired) electrons. The average molecular weight is 256 g/mol. The third kappa shape index (κ3) is 3.63. The Balaban J connectivity index is 2.80. The van der Waals surface area contributed by atoms with Crippen molar-refractivity contribution in [2.24, 2.45) is 5.92 Å². The van der Waals surface area contributed by atoms with Crippen LogP contribution in [0.5, 0.6) is 5.75 Å². The molecule has 1 atom stereocenters. The second kappa shape index (κ2) is 5.92. The summed E-state index contributed by atoms with van der Waals surface area (Å²) in [6, 6.07) is 5.14. The molecule has 1 N–H and O–H groups in total. The number of carbonyl (C=O) groups excluding carboxylic acids is 1. The predicted octanol–water partition coefficient (Wildman–Crippen LogP) is 3.12. The van der Waals surface area contributed by atoms with Gasteiger partial charge in [-0.25, -0.2) is 0 Å². The largest absolute Gasteiger partial charge is 0.495 e. The van der Waals surface area contributed by atoms with Crippen molar-refractivity contribution in [3.05, 3.63) is 28.8 Å². The maximum atomic E-state index is 11.9. The molecule has 0 aliphatic rings. The van der Waals surface area contributed by atoms with Gasteiger partial charge in [0.25, 0.3) is 5.91 Å². The van der Waals surface area contributed by atoms with Crippen LogP contribution in [0.25, 0.3) is 0 Å². The Morgan fingerprint density at radius 3 is 2.47 bits per heavy atom. The van der Waals surface area contributed by atoms with E-state index in [4.69, 9.17) is 16.3 Å². The highest BCUT2D eigenvalue weighted by molar-refractivity contribution is 6.32. The molecule has 0 aliphatic heterocycles. The summed E-state index contributed by atoms with van der Waals surface area (Å²) in [5.74, 6) is 0.851. The summed E-state index contributed by atoms with van der Waals surface area (Å²) in [6.45, 7) is 6.10. The SMILES string of the molecule is COc1ccc(C(=O)N[C@H](C)C(C)C)cc1Cl. The lowest BCUT2D eigenvalue weighted by Crippen LogP contribution is -2.36. The van der Waals surface area contributed by atoms with Crippen LogP contribution < -0.4 is 10.1 Å². The first-order valence-corrected chi connectivity index (χ1v) is 5.98. The summed E-state index contributed by atoms with van der Waals surface area (Å²) in [5.41, 5.74) is 0.545. The highest BCUT2D eigenvalue weighted by atomic mass is 35.5. The Hall–Kier alpha value is -1.22. The van der Waals surface area contributed by atoms with Crippen molar-refractivity contribution in [3.63, 3.8) is 0 Å². The molecule has 0 bridgehead atoms. The van der Waals surface area contributed by atoms with Crippen molar-refractivity contribution < 1.29 is 9.53 Å². The van der Waals surface area contributed by atoms with Gasteiger partial charge in [-0.2, -0.15) is 0 Å². The molecule has 0 saturated heterocycles. The van der Waals surface area contributed by atoms with E-state index in [1.165, 1.54) is 0 Å². The van der Waals surface area contributed by atoms with Crippen LogP contribution in [0.1, 0.15) is 31.1 Å². The third-order valence-corrected chi connectivity index (χ3v) is 3.07. The van der Waals surface area contributed by atoms with E-state index in [0.717, 1.165) is 0 Å². The van der Waals surface area contributed by atoms with Gasteiger partial charge in [0.15, 0.2) is 0 Å². The number of hydrogen-bond acceptors (Lipinski definition) is 2. The molecule has 0 aromatic heterocycles. The van der Waals surface area contributed by atoms with Crippen molar-refractivity contribution in [2.45, 2.75) is 26.8 Å². The molecule has 3 nitrogen and oxygen atoms in total. The molecule has 0 saturated carbocycles. The molecule has 0 aliphatic carbocycles. The Morgan fingerprint density at radius 2 is 2.00 bits per heavy atom. The lowest BCUT2D eigenvalue weighted by atomic mass is 10.1. The van der Waals surface area contributed by atoms with Gasteiger partial charge < -0.3 is 10.1 Å². The number of ether oxygens (including phenoxy) is 1. The van der Waals surface area contributed by atoms with Crippen LogP contribution in [0, 0.1) is 5.92 Å². The van der Waals surface area contributed by atoms with E-state index in [0.29, 0.717) is 22.3 Å². The Morgan fingerprint density at radius 1 is 1.35 bits per heavy atom. The number of benzene rings is 1. The van der Waals surface area contributed by atoms with Crippen LogP contribution >= 0.6 is 11.6 Å². The highest BCUT2D eigenvalue weighted by Crippen LogP contribution is 2.24. The van der Waals surface area contributed by atoms with E-state index in [9.17, 15) is 4.79 Å². The molecule has 94 valence electrons. The number of halogens is 1. The lowest BCUT2D eigenvalue weighted by Gasteiger charge is -2.17. The number of rotatable bonds is 4. The summed E-state index contributed by atoms with van der Waals surface area (Å²) in [5, 5.41) is 3.36. The zero-order valence-corrected chi connectivity index (χ0v) is 11.3. The van der Waals surface area contributed by atoms with E-state index in [2.05, 4.69) is 19.2 Å². The second-order valence-corrected chi connectivity index (χ2v) is 4.76. The number of hydrogen-bond donors (Lipinski definition) is 1. The van der Waals surface area contributed by atoms with Crippen molar-refractivity contribution in [2.75, 3.05) is 7.11 Å². The topological polar surface area (TPSA) is 38.3 Å². The third-order valence-electron chi connectivity index (χ3n) is 2.77. The average Bonchev–Trinajstić information content (AvgIpc) is 2.28. The number of nitrogens with one attached hydrogen (secondary N) is 1. The maximum Gasteiger partial charge on any atom is 0.251 e. The van der Waals surface area contributed by atoms with Gasteiger partial charge in [0.05, 0.1) is 12.1 Å². The van der Waals surface area contributed by atoms with Crippen LogP contribution in [0.2, 0.25) is 5.02 Å². The number of amides is 1. The van der Waals surface area contributed by atoms with Gasteiger partial charge >= 0.3 is 0 Å². The number of methoxy groups -OCH3 is 1. The quantitative estimate of drug-likeness (QED) is 0.898. The van der Waals surface area contributed by atoms with Crippen molar-refractivity contribution in [3.8, 4) is 5.75 Å². The van der Waals surface area contributed by atoms with E-state index < -0.39 is 0 Å². The molecule has 0 heterocycles. The minimum Gasteiger partial charge on any atom is -0.495 e. The van der Waals surface area contributed by atoms with Gasteiger partial charge in [0.2, 0.25) is 0 Å². The smallest absolute Gasteiger partial charge is 0.251 e. The predicted molar refractivity (Wildman–Crippen MR) is 69.8 cm³/mol. The molecule has 1 amide bonds. The first-order valence-electron chi connectivity index (χ1n) is 5.60. The lowest BCUT2D eigenvalue weighted by molar-refractivity contribution is 0.0930. The van der Waals surface area contributed by atoms with Gasteiger partial charge in [-0.15, -0.1) is 0 Å². The van der Waals surface area contributed by atoms with Gasteiger partial charge in [0, 0.05) is 11.6 Å². The molecule has 4 heteroatoms. The molecule has 0 unspecified atom stereocenters. The standard InChI is InChI=1S/C13H18ClNO2/c1-8(2)9(3)15-13(16)10-5-6-12(17-4)11(14)7-10/h5-9H,1-4H3,(H,15,16)/t9-/m1/s1. The van der Waals surface area contributed by atoms with E-state index >= 15 is 0 Å². The zero-order chi connectivity index (χ0) is 13.0. The van der Waals surface area contributed by atoms with Crippen LogP contribution in [0.4, 0.5) is 0 Å². The molecule has 1 rings (SSSR count). The molecule has 1 aromatic rings. The Bertz CT molecular complexity index is 404. The monoisotopic (exact) mass is 255 g/mol. The molecule has 0 spiro atoms. The minimum atomic E-state index is -0.115. The number of carbonyl (C=O) groups is 1. The van der Waals surface area contributed by atoms with E-state index in [1.807, 2.05) is 6.92 Å². The van der Waals surface area contributed by atoms with Gasteiger partial charge in [-0.3, -0.25) is 4.79 Å². The van der Waals surface area contributed by atoms with E-state index in [-0.39, 0.29) is 11.9 Å². The summed E-state index contributed by atoms with van der Waals surface area (Å²) in [6.07, 6.45) is 0. The first kappa shape index (κ1) is 13.8. The zero-order valence-electron chi connectivity index (χ0n) is 10.6. The Kier molecular flexibility index (Phi) is 4.82. The van der Waals surface area contributed by atoms with Crippen LogP contribution in [0.3, 0.4) is 0 Å². The fourth-order valence-electron chi connectivity index (χ4n) is 1.26. The van der Waals surface area contributed by atoms with Crippen molar-refractivity contribution in [1.29, 1.82) is 0 Å². The van der Waals surface area contributed by atoms with Crippen LogP contribution in [-0.4, -0.2) is 19.1 Å². The summed E-state index contributed by atoms with van der Waals surface area (Å²) >= 11 is 5.97. The van der Waals surface area contributed by atoms with Gasteiger partial charge in [-0.1, -0.05) is 25.4 Å². The van der Waals surface area contributed by atoms with Crippen LogP contribution in [-0.2, 0) is 0 Å². The molecule has 1 aromatic carbocycles. The second-order valence-electron chi connectivity index (χ2n) is 4.36. The van der Waals surface area contributed by atoms with Crippen LogP contribution in [0.15, 0.2) is 18.2 Å². The van der Waals surface area contributed by atoms with E-state index in [1.54, 1.807) is 25.3 Å². The van der Waals surface area contributed by atoms with Gasteiger partial charge in [0.1, 0.15) is 5.75 Å². The molecular formula is C13H18ClNO2. The fourth-order valence-corrected chi connectivity index (χ4v) is 1.52. The Labute approximate surface area is 107 Å². The molecule has 0 fully saturated rings.